The summed E-state index contributed by atoms with van der Waals surface area (Å²) in [6.45, 7) is 3.24. The van der Waals surface area contributed by atoms with Gasteiger partial charge < -0.3 is 10.1 Å². The van der Waals surface area contributed by atoms with Crippen LogP contribution in [0.15, 0.2) is 0 Å². The quantitative estimate of drug-likeness (QED) is 0.658. The van der Waals surface area contributed by atoms with Crippen molar-refractivity contribution in [1.82, 2.24) is 5.32 Å². The van der Waals surface area contributed by atoms with Gasteiger partial charge in [-0.3, -0.25) is 0 Å². The molecule has 0 aromatic carbocycles. The van der Waals surface area contributed by atoms with E-state index in [1.807, 2.05) is 0 Å². The molecule has 1 unspecified atom stereocenters. The van der Waals surface area contributed by atoms with Gasteiger partial charge in [-0.1, -0.05) is 0 Å². The summed E-state index contributed by atoms with van der Waals surface area (Å²) in [4.78, 5) is 0. The van der Waals surface area contributed by atoms with Gasteiger partial charge in [-0.25, -0.2) is 0 Å². The van der Waals surface area contributed by atoms with E-state index < -0.39 is 0 Å². The Morgan fingerprint density at radius 3 is 2.85 bits per heavy atom. The van der Waals surface area contributed by atoms with Crippen LogP contribution in [-0.4, -0.2) is 25.8 Å². The van der Waals surface area contributed by atoms with Crippen molar-refractivity contribution in [3.8, 4) is 0 Å². The average molecular weight is 183 g/mol. The molecule has 13 heavy (non-hydrogen) atoms. The minimum atomic E-state index is 0.856. The zero-order chi connectivity index (χ0) is 8.93. The Morgan fingerprint density at radius 1 is 1.23 bits per heavy atom. The Hall–Kier alpha value is -0.0800. The number of hydrogen-bond acceptors (Lipinski definition) is 2. The van der Waals surface area contributed by atoms with Gasteiger partial charge in [0.15, 0.2) is 0 Å². The largest absolute Gasteiger partial charge is 0.381 e. The summed E-state index contributed by atoms with van der Waals surface area (Å²) < 4.78 is 5.45. The van der Waals surface area contributed by atoms with E-state index in [1.165, 1.54) is 45.1 Å². The van der Waals surface area contributed by atoms with Gasteiger partial charge in [0.05, 0.1) is 0 Å². The van der Waals surface area contributed by atoms with Gasteiger partial charge in [-0.2, -0.15) is 0 Å². The summed E-state index contributed by atoms with van der Waals surface area (Å²) in [5, 5.41) is 3.56. The molecule has 1 N–H and O–H groups in total. The fraction of sp³-hybridized carbons (Fsp3) is 1.00. The fourth-order valence-electron chi connectivity index (χ4n) is 2.02. The molecule has 1 aliphatic carbocycles. The van der Waals surface area contributed by atoms with E-state index in [0.29, 0.717) is 0 Å². The van der Waals surface area contributed by atoms with Crippen LogP contribution in [0.1, 0.15) is 38.5 Å². The van der Waals surface area contributed by atoms with Crippen molar-refractivity contribution in [2.24, 2.45) is 5.92 Å². The van der Waals surface area contributed by atoms with Gasteiger partial charge in [-0.15, -0.1) is 0 Å². The van der Waals surface area contributed by atoms with Crippen LogP contribution in [0.2, 0.25) is 0 Å². The number of nitrogens with one attached hydrogen (secondary N) is 1. The first-order valence-electron chi connectivity index (χ1n) is 5.76. The summed E-state index contributed by atoms with van der Waals surface area (Å²) in [5.74, 6) is 0.856. The molecule has 2 nitrogen and oxygen atoms in total. The Labute approximate surface area is 81.0 Å². The third kappa shape index (κ3) is 3.65. The van der Waals surface area contributed by atoms with Crippen LogP contribution in [0.25, 0.3) is 0 Å². The molecule has 2 aliphatic rings. The molecular weight excluding hydrogens is 162 g/mol. The standard InChI is InChI=1S/C11H21NO/c1(7-12-11-5-6-11)3-10-4-2-8-13-9-10/h10-12H,1-9H2. The van der Waals surface area contributed by atoms with Crippen molar-refractivity contribution >= 4 is 0 Å². The van der Waals surface area contributed by atoms with Crippen LogP contribution in [0.4, 0.5) is 0 Å². The summed E-state index contributed by atoms with van der Waals surface area (Å²) in [7, 11) is 0. The third-order valence-corrected chi connectivity index (χ3v) is 3.05. The number of ether oxygens (including phenoxy) is 1. The maximum atomic E-state index is 5.45. The summed E-state index contributed by atoms with van der Waals surface area (Å²) in [6.07, 6.45) is 8.19. The second kappa shape index (κ2) is 4.97. The Balaban J connectivity index is 1.46. The predicted molar refractivity (Wildman–Crippen MR) is 53.8 cm³/mol. The van der Waals surface area contributed by atoms with E-state index in [1.54, 1.807) is 0 Å². The van der Waals surface area contributed by atoms with E-state index >= 15 is 0 Å². The molecule has 0 amide bonds. The lowest BCUT2D eigenvalue weighted by Crippen LogP contribution is -2.21. The zero-order valence-corrected chi connectivity index (χ0v) is 8.43. The van der Waals surface area contributed by atoms with Crippen molar-refractivity contribution in [3.63, 3.8) is 0 Å². The van der Waals surface area contributed by atoms with Gasteiger partial charge in [0.25, 0.3) is 0 Å². The lowest BCUT2D eigenvalue weighted by molar-refractivity contribution is 0.0510. The summed E-state index contributed by atoms with van der Waals surface area (Å²) >= 11 is 0. The highest BCUT2D eigenvalue weighted by molar-refractivity contribution is 4.80. The molecule has 1 aliphatic heterocycles. The zero-order valence-electron chi connectivity index (χ0n) is 8.43. The molecule has 2 heteroatoms. The highest BCUT2D eigenvalue weighted by Gasteiger charge is 2.20. The summed E-state index contributed by atoms with van der Waals surface area (Å²) in [5.41, 5.74) is 0. The van der Waals surface area contributed by atoms with E-state index in [4.69, 9.17) is 4.74 Å². The topological polar surface area (TPSA) is 21.3 Å². The molecule has 0 bridgehead atoms. The average Bonchev–Trinajstić information content (AvgIpc) is 2.98. The third-order valence-electron chi connectivity index (χ3n) is 3.05. The second-order valence-electron chi connectivity index (χ2n) is 4.45. The van der Waals surface area contributed by atoms with Gasteiger partial charge in [-0.05, 0) is 51.0 Å². The maximum absolute atomic E-state index is 5.45. The van der Waals surface area contributed by atoms with E-state index in [0.717, 1.165) is 25.2 Å². The fourth-order valence-corrected chi connectivity index (χ4v) is 2.02. The molecule has 1 atom stereocenters. The molecule has 1 saturated carbocycles. The highest BCUT2D eigenvalue weighted by atomic mass is 16.5. The first-order chi connectivity index (χ1) is 6.45. The molecule has 0 aromatic heterocycles. The van der Waals surface area contributed by atoms with E-state index in [9.17, 15) is 0 Å². The molecule has 0 aromatic rings. The predicted octanol–water partition coefficient (Wildman–Crippen LogP) is 1.95. The molecule has 1 heterocycles. The Kier molecular flexibility index (Phi) is 3.62. The van der Waals surface area contributed by atoms with Crippen molar-refractivity contribution < 1.29 is 4.74 Å². The minimum absolute atomic E-state index is 0.856. The van der Waals surface area contributed by atoms with Crippen LogP contribution in [0.5, 0.6) is 0 Å². The monoisotopic (exact) mass is 183 g/mol. The van der Waals surface area contributed by atoms with Gasteiger partial charge in [0, 0.05) is 19.3 Å². The lowest BCUT2D eigenvalue weighted by Gasteiger charge is -2.21. The number of hydrogen-bond donors (Lipinski definition) is 1. The molecule has 0 radical (unpaired) electrons. The molecule has 76 valence electrons. The van der Waals surface area contributed by atoms with Crippen molar-refractivity contribution in [3.05, 3.63) is 0 Å². The molecule has 0 spiro atoms. The first kappa shape index (κ1) is 9.47. The summed E-state index contributed by atoms with van der Waals surface area (Å²) in [6, 6.07) is 0.877. The number of rotatable bonds is 5. The van der Waals surface area contributed by atoms with Gasteiger partial charge in [0.1, 0.15) is 0 Å². The van der Waals surface area contributed by atoms with Crippen LogP contribution in [0, 0.1) is 5.92 Å². The Morgan fingerprint density at radius 2 is 2.15 bits per heavy atom. The first-order valence-corrected chi connectivity index (χ1v) is 5.76. The molecule has 2 fully saturated rings. The highest BCUT2D eigenvalue weighted by Crippen LogP contribution is 2.20. The smallest absolute Gasteiger partial charge is 0.0494 e. The van der Waals surface area contributed by atoms with Crippen molar-refractivity contribution in [2.75, 3.05) is 19.8 Å². The normalized spacial score (nSPS) is 29.1. The minimum Gasteiger partial charge on any atom is -0.381 e. The lowest BCUT2D eigenvalue weighted by atomic mass is 9.97. The molecule has 2 rings (SSSR count). The van der Waals surface area contributed by atoms with E-state index in [2.05, 4.69) is 5.32 Å². The van der Waals surface area contributed by atoms with Crippen LogP contribution in [0.3, 0.4) is 0 Å². The second-order valence-corrected chi connectivity index (χ2v) is 4.45. The Bertz CT molecular complexity index is 139. The van der Waals surface area contributed by atoms with Crippen LogP contribution in [-0.2, 0) is 4.74 Å². The SMILES string of the molecule is C(CNC1CC1)CC1CCCOC1. The van der Waals surface area contributed by atoms with Gasteiger partial charge in [0.2, 0.25) is 0 Å². The van der Waals surface area contributed by atoms with E-state index in [-0.39, 0.29) is 0 Å². The maximum Gasteiger partial charge on any atom is 0.0494 e. The van der Waals surface area contributed by atoms with Crippen molar-refractivity contribution in [2.45, 2.75) is 44.6 Å². The van der Waals surface area contributed by atoms with Crippen molar-refractivity contribution in [1.29, 1.82) is 0 Å². The van der Waals surface area contributed by atoms with Crippen LogP contribution < -0.4 is 5.32 Å². The van der Waals surface area contributed by atoms with Crippen LogP contribution >= 0.6 is 0 Å². The molecule has 1 saturated heterocycles. The van der Waals surface area contributed by atoms with Gasteiger partial charge >= 0.3 is 0 Å². The molecular formula is C11H21NO.